The lowest BCUT2D eigenvalue weighted by molar-refractivity contribution is 0.836. The van der Waals surface area contributed by atoms with Crippen molar-refractivity contribution in [3.8, 4) is 11.3 Å². The molecule has 0 unspecified atom stereocenters. The molecule has 2 heterocycles. The largest absolute Gasteiger partial charge is 0.265 e. The topological polar surface area (TPSA) is 42.5 Å². The molecule has 1 aromatic carbocycles. The number of thiazole rings is 1. The van der Waals surface area contributed by atoms with Gasteiger partial charge in [-0.15, -0.1) is 11.3 Å². The van der Waals surface area contributed by atoms with Crippen LogP contribution in [0, 0.1) is 6.92 Å². The maximum Gasteiger partial charge on any atom is 0.206 e. The lowest BCUT2D eigenvalue weighted by atomic mass is 10.1. The summed E-state index contributed by atoms with van der Waals surface area (Å²) in [4.78, 5) is 9.52. The van der Waals surface area contributed by atoms with Crippen LogP contribution in [0.5, 0.6) is 0 Å². The molecule has 0 aliphatic carbocycles. The molecule has 0 saturated carbocycles. The van der Waals surface area contributed by atoms with E-state index in [2.05, 4.69) is 58.2 Å². The molecule has 2 aromatic heterocycles. The number of benzene rings is 1. The van der Waals surface area contributed by atoms with E-state index in [-0.39, 0.29) is 0 Å². The third-order valence-corrected chi connectivity index (χ3v) is 4.40. The minimum absolute atomic E-state index is 0.596. The van der Waals surface area contributed by atoms with Crippen molar-refractivity contribution in [3.63, 3.8) is 0 Å². The second-order valence-electron chi connectivity index (χ2n) is 5.88. The molecule has 0 aliphatic rings. The maximum absolute atomic E-state index is 4.66. The minimum atomic E-state index is 0.596. The standard InChI is InChI=1S/C20H20N4S/c1-15(2)12-22-20-24(23-13-17-8-10-21-11-9-17)19(14-25-20)18-6-4-16(3)5-7-18/h4-11,13-14H,1,12H2,2-3H3. The molecule has 0 saturated heterocycles. The molecule has 0 fully saturated rings. The Labute approximate surface area is 151 Å². The van der Waals surface area contributed by atoms with Gasteiger partial charge < -0.3 is 0 Å². The van der Waals surface area contributed by atoms with Gasteiger partial charge in [-0.3, -0.25) is 9.98 Å². The van der Waals surface area contributed by atoms with Gasteiger partial charge in [0.1, 0.15) is 0 Å². The van der Waals surface area contributed by atoms with Crippen molar-refractivity contribution in [2.75, 3.05) is 6.54 Å². The van der Waals surface area contributed by atoms with Gasteiger partial charge in [0.2, 0.25) is 4.80 Å². The molecule has 126 valence electrons. The third-order valence-electron chi connectivity index (χ3n) is 3.55. The van der Waals surface area contributed by atoms with Gasteiger partial charge in [-0.25, -0.2) is 4.68 Å². The predicted octanol–water partition coefficient (Wildman–Crippen LogP) is 4.28. The van der Waals surface area contributed by atoms with Crippen LogP contribution in [0.3, 0.4) is 0 Å². The van der Waals surface area contributed by atoms with Crippen LogP contribution in [0.4, 0.5) is 0 Å². The van der Waals surface area contributed by atoms with Crippen molar-refractivity contribution in [2.45, 2.75) is 13.8 Å². The maximum atomic E-state index is 4.66. The third kappa shape index (κ3) is 4.39. The Morgan fingerprint density at radius 3 is 2.60 bits per heavy atom. The molecular formula is C20H20N4S. The number of nitrogens with zero attached hydrogens (tertiary/aromatic N) is 4. The second-order valence-corrected chi connectivity index (χ2v) is 6.72. The summed E-state index contributed by atoms with van der Waals surface area (Å²) in [5.74, 6) is 0. The fourth-order valence-electron chi connectivity index (χ4n) is 2.22. The first-order valence-corrected chi connectivity index (χ1v) is 8.88. The summed E-state index contributed by atoms with van der Waals surface area (Å²) in [6.45, 7) is 8.58. The van der Waals surface area contributed by atoms with E-state index < -0.39 is 0 Å². The molecule has 0 atom stereocenters. The first-order chi connectivity index (χ1) is 12.1. The molecule has 0 amide bonds. The van der Waals surface area contributed by atoms with E-state index in [0.717, 1.165) is 27.2 Å². The molecule has 0 aliphatic heterocycles. The van der Waals surface area contributed by atoms with E-state index in [1.165, 1.54) is 5.56 Å². The van der Waals surface area contributed by atoms with Crippen LogP contribution in [0.1, 0.15) is 18.1 Å². The second kappa shape index (κ2) is 7.85. The van der Waals surface area contributed by atoms with Crippen molar-refractivity contribution in [2.24, 2.45) is 10.1 Å². The smallest absolute Gasteiger partial charge is 0.206 e. The molecular weight excluding hydrogens is 328 g/mol. The van der Waals surface area contributed by atoms with E-state index in [4.69, 9.17) is 0 Å². The molecule has 0 spiro atoms. The zero-order valence-electron chi connectivity index (χ0n) is 14.4. The van der Waals surface area contributed by atoms with Crippen LogP contribution in [-0.2, 0) is 0 Å². The lowest BCUT2D eigenvalue weighted by Gasteiger charge is -2.04. The quantitative estimate of drug-likeness (QED) is 0.501. The minimum Gasteiger partial charge on any atom is -0.265 e. The Bertz CT molecular complexity index is 947. The van der Waals surface area contributed by atoms with Gasteiger partial charge in [0.05, 0.1) is 18.5 Å². The summed E-state index contributed by atoms with van der Waals surface area (Å²) in [7, 11) is 0. The molecule has 0 bridgehead atoms. The lowest BCUT2D eigenvalue weighted by Crippen LogP contribution is -2.13. The molecule has 3 rings (SSSR count). The van der Waals surface area contributed by atoms with Gasteiger partial charge in [0.15, 0.2) is 0 Å². The number of hydrogen-bond donors (Lipinski definition) is 0. The Morgan fingerprint density at radius 2 is 1.92 bits per heavy atom. The summed E-state index contributed by atoms with van der Waals surface area (Å²) < 4.78 is 1.89. The van der Waals surface area contributed by atoms with E-state index >= 15 is 0 Å². The Morgan fingerprint density at radius 1 is 1.20 bits per heavy atom. The number of aryl methyl sites for hydroxylation is 1. The number of hydrogen-bond acceptors (Lipinski definition) is 4. The van der Waals surface area contributed by atoms with Crippen molar-refractivity contribution >= 4 is 17.6 Å². The summed E-state index contributed by atoms with van der Waals surface area (Å²) in [5, 5.41) is 6.75. The van der Waals surface area contributed by atoms with Crippen LogP contribution in [-0.4, -0.2) is 22.4 Å². The van der Waals surface area contributed by atoms with Crippen molar-refractivity contribution in [3.05, 3.63) is 82.3 Å². The molecule has 25 heavy (non-hydrogen) atoms. The van der Waals surface area contributed by atoms with Gasteiger partial charge in [0.25, 0.3) is 0 Å². The molecule has 3 aromatic rings. The monoisotopic (exact) mass is 348 g/mol. The summed E-state index contributed by atoms with van der Waals surface area (Å²) in [6.07, 6.45) is 5.34. The number of aromatic nitrogens is 2. The van der Waals surface area contributed by atoms with Crippen molar-refractivity contribution in [1.82, 2.24) is 9.66 Å². The van der Waals surface area contributed by atoms with E-state index in [9.17, 15) is 0 Å². The summed E-state index contributed by atoms with van der Waals surface area (Å²) >= 11 is 1.58. The molecule has 0 N–H and O–H groups in total. The Balaban J connectivity index is 2.06. The average Bonchev–Trinajstić information content (AvgIpc) is 3.02. The Hall–Kier alpha value is -2.79. The fourth-order valence-corrected chi connectivity index (χ4v) is 3.06. The molecule has 4 nitrogen and oxygen atoms in total. The summed E-state index contributed by atoms with van der Waals surface area (Å²) in [5.41, 5.74) is 5.39. The fraction of sp³-hybridized carbons (Fsp3) is 0.150. The Kier molecular flexibility index (Phi) is 5.36. The van der Waals surface area contributed by atoms with Gasteiger partial charge in [0, 0.05) is 23.3 Å². The predicted molar refractivity (Wildman–Crippen MR) is 105 cm³/mol. The van der Waals surface area contributed by atoms with E-state index in [1.807, 2.05) is 29.9 Å². The SMILES string of the molecule is C=C(C)CN=c1scc(-c2ccc(C)cc2)n1N=Cc1ccncc1. The number of rotatable bonds is 5. The zero-order valence-corrected chi connectivity index (χ0v) is 15.2. The first kappa shape index (κ1) is 17.0. The van der Waals surface area contributed by atoms with Crippen LogP contribution < -0.4 is 4.80 Å². The normalized spacial score (nSPS) is 12.0. The van der Waals surface area contributed by atoms with Gasteiger partial charge in [-0.2, -0.15) is 5.10 Å². The first-order valence-electron chi connectivity index (χ1n) is 8.00. The van der Waals surface area contributed by atoms with Crippen molar-refractivity contribution in [1.29, 1.82) is 0 Å². The van der Waals surface area contributed by atoms with Crippen LogP contribution in [0.25, 0.3) is 11.3 Å². The van der Waals surface area contributed by atoms with E-state index in [0.29, 0.717) is 6.54 Å². The highest BCUT2D eigenvalue weighted by Gasteiger charge is 2.07. The zero-order chi connectivity index (χ0) is 17.6. The number of pyridine rings is 1. The van der Waals surface area contributed by atoms with Crippen LogP contribution >= 0.6 is 11.3 Å². The molecule has 5 heteroatoms. The highest BCUT2D eigenvalue weighted by Crippen LogP contribution is 2.20. The highest BCUT2D eigenvalue weighted by atomic mass is 32.1. The van der Waals surface area contributed by atoms with Gasteiger partial charge in [-0.05, 0) is 31.5 Å². The van der Waals surface area contributed by atoms with Crippen molar-refractivity contribution < 1.29 is 0 Å². The average molecular weight is 348 g/mol. The van der Waals surface area contributed by atoms with Gasteiger partial charge >= 0.3 is 0 Å². The molecule has 0 radical (unpaired) electrons. The van der Waals surface area contributed by atoms with Gasteiger partial charge in [-0.1, -0.05) is 42.0 Å². The van der Waals surface area contributed by atoms with Crippen LogP contribution in [0.15, 0.2) is 76.4 Å². The van der Waals surface area contributed by atoms with E-state index in [1.54, 1.807) is 23.7 Å². The highest BCUT2D eigenvalue weighted by molar-refractivity contribution is 7.07. The van der Waals surface area contributed by atoms with Crippen LogP contribution in [0.2, 0.25) is 0 Å². The summed E-state index contributed by atoms with van der Waals surface area (Å²) in [6, 6.07) is 12.3.